The molecule has 0 aliphatic carbocycles. The summed E-state index contributed by atoms with van der Waals surface area (Å²) in [6.07, 6.45) is -0.136. The van der Waals surface area contributed by atoms with Crippen molar-refractivity contribution in [1.82, 2.24) is 0 Å². The van der Waals surface area contributed by atoms with E-state index in [2.05, 4.69) is 5.32 Å². The van der Waals surface area contributed by atoms with Crippen LogP contribution in [-0.2, 0) is 4.74 Å². The SMILES string of the molecule is COc1cccc(-c2cc(C(=O)Nc3cc4ccc(O[C@@H]5C[C@H](O)CCO5)c(C)c4oc3=O)ccc2OC)c1. The van der Waals surface area contributed by atoms with Gasteiger partial charge in [0, 0.05) is 28.5 Å². The second-order valence-electron chi connectivity index (χ2n) is 9.25. The third-order valence-electron chi connectivity index (χ3n) is 6.67. The number of hydrogen-bond donors (Lipinski definition) is 2. The number of anilines is 1. The minimum Gasteiger partial charge on any atom is -0.497 e. The molecule has 1 aliphatic rings. The largest absolute Gasteiger partial charge is 0.497 e. The van der Waals surface area contributed by atoms with Gasteiger partial charge in [0.1, 0.15) is 28.5 Å². The second kappa shape index (κ2) is 11.2. The van der Waals surface area contributed by atoms with E-state index in [1.54, 1.807) is 57.5 Å². The van der Waals surface area contributed by atoms with Crippen LogP contribution in [0.5, 0.6) is 17.2 Å². The predicted octanol–water partition coefficient (Wildman–Crippen LogP) is 4.91. The van der Waals surface area contributed by atoms with Crippen molar-refractivity contribution in [1.29, 1.82) is 0 Å². The first-order valence-electron chi connectivity index (χ1n) is 12.5. The van der Waals surface area contributed by atoms with Crippen molar-refractivity contribution in [3.8, 4) is 28.4 Å². The predicted molar refractivity (Wildman–Crippen MR) is 146 cm³/mol. The normalized spacial score (nSPS) is 17.0. The zero-order valence-electron chi connectivity index (χ0n) is 21.9. The lowest BCUT2D eigenvalue weighted by molar-refractivity contribution is -0.137. The molecule has 9 heteroatoms. The molecule has 1 aromatic heterocycles. The van der Waals surface area contributed by atoms with Gasteiger partial charge < -0.3 is 33.8 Å². The highest BCUT2D eigenvalue weighted by molar-refractivity contribution is 6.05. The Bertz CT molecular complexity index is 1580. The Morgan fingerprint density at radius 3 is 2.62 bits per heavy atom. The summed E-state index contributed by atoms with van der Waals surface area (Å²) in [7, 11) is 3.14. The Labute approximate surface area is 224 Å². The molecule has 2 atom stereocenters. The van der Waals surface area contributed by atoms with Gasteiger partial charge in [-0.25, -0.2) is 4.79 Å². The topological polar surface area (TPSA) is 116 Å². The second-order valence-corrected chi connectivity index (χ2v) is 9.25. The van der Waals surface area contributed by atoms with Crippen LogP contribution in [0.25, 0.3) is 22.1 Å². The first-order chi connectivity index (χ1) is 18.9. The Morgan fingerprint density at radius 2 is 1.85 bits per heavy atom. The molecule has 39 heavy (non-hydrogen) atoms. The molecule has 1 fully saturated rings. The lowest BCUT2D eigenvalue weighted by Crippen LogP contribution is -2.33. The number of aliphatic hydroxyl groups is 1. The molecule has 9 nitrogen and oxygen atoms in total. The summed E-state index contributed by atoms with van der Waals surface area (Å²) in [5.74, 6) is 1.28. The molecule has 0 radical (unpaired) electrons. The number of ether oxygens (including phenoxy) is 4. The monoisotopic (exact) mass is 531 g/mol. The summed E-state index contributed by atoms with van der Waals surface area (Å²) in [4.78, 5) is 26.0. The lowest BCUT2D eigenvalue weighted by Gasteiger charge is -2.27. The molecular weight excluding hydrogens is 502 g/mol. The highest BCUT2D eigenvalue weighted by Crippen LogP contribution is 2.34. The number of hydrogen-bond acceptors (Lipinski definition) is 8. The fourth-order valence-electron chi connectivity index (χ4n) is 4.55. The van der Waals surface area contributed by atoms with Crippen LogP contribution >= 0.6 is 0 Å². The van der Waals surface area contributed by atoms with E-state index < -0.39 is 23.9 Å². The van der Waals surface area contributed by atoms with Crippen LogP contribution in [0.3, 0.4) is 0 Å². The Kier molecular flexibility index (Phi) is 7.53. The van der Waals surface area contributed by atoms with Crippen molar-refractivity contribution in [3.63, 3.8) is 0 Å². The third-order valence-corrected chi connectivity index (χ3v) is 6.67. The van der Waals surface area contributed by atoms with Gasteiger partial charge in [-0.05, 0) is 67.4 Å². The van der Waals surface area contributed by atoms with Gasteiger partial charge in [0.2, 0.25) is 6.29 Å². The molecule has 2 N–H and O–H groups in total. The quantitative estimate of drug-likeness (QED) is 0.323. The van der Waals surface area contributed by atoms with Gasteiger partial charge in [-0.2, -0.15) is 0 Å². The van der Waals surface area contributed by atoms with Gasteiger partial charge in [-0.15, -0.1) is 0 Å². The fourth-order valence-corrected chi connectivity index (χ4v) is 4.55. The number of carbonyl (C=O) groups is 1. The van der Waals surface area contributed by atoms with Crippen LogP contribution < -0.4 is 25.2 Å². The number of aliphatic hydroxyl groups excluding tert-OH is 1. The standard InChI is InChI=1S/C30H29NO8/c1-17-25(38-27-16-21(32)11-12-37-27)9-7-19-15-24(30(34)39-28(17)19)31-29(33)20-8-10-26(36-3)23(14-20)18-5-4-6-22(13-18)35-2/h4-10,13-15,21,27,32H,11-12,16H2,1-3H3,(H,31,33)/t21-,27-/m1/s1. The van der Waals surface area contributed by atoms with E-state index in [4.69, 9.17) is 23.4 Å². The van der Waals surface area contributed by atoms with Gasteiger partial charge in [0.15, 0.2) is 0 Å². The number of nitrogens with one attached hydrogen (secondary N) is 1. The average molecular weight is 532 g/mol. The Balaban J connectivity index is 1.40. The van der Waals surface area contributed by atoms with Crippen molar-refractivity contribution >= 4 is 22.6 Å². The first-order valence-corrected chi connectivity index (χ1v) is 12.5. The van der Waals surface area contributed by atoms with Gasteiger partial charge in [-0.1, -0.05) is 12.1 Å². The van der Waals surface area contributed by atoms with Gasteiger partial charge in [0.25, 0.3) is 5.91 Å². The molecule has 4 aromatic rings. The summed E-state index contributed by atoms with van der Waals surface area (Å²) in [5, 5.41) is 13.2. The molecule has 2 heterocycles. The third kappa shape index (κ3) is 5.59. The number of benzene rings is 3. The van der Waals surface area contributed by atoms with E-state index >= 15 is 0 Å². The van der Waals surface area contributed by atoms with Crippen molar-refractivity contribution in [2.45, 2.75) is 32.2 Å². The molecule has 5 rings (SSSR count). The van der Waals surface area contributed by atoms with Crippen molar-refractivity contribution in [3.05, 3.63) is 82.2 Å². The molecule has 1 amide bonds. The maximum absolute atomic E-state index is 13.2. The van der Waals surface area contributed by atoms with E-state index in [1.165, 1.54) is 0 Å². The minimum atomic E-state index is -0.693. The molecule has 0 bridgehead atoms. The molecule has 202 valence electrons. The fraction of sp³-hybridized carbons (Fsp3) is 0.267. The van der Waals surface area contributed by atoms with Crippen molar-refractivity contribution in [2.75, 3.05) is 26.1 Å². The van der Waals surface area contributed by atoms with Gasteiger partial charge >= 0.3 is 5.63 Å². The van der Waals surface area contributed by atoms with Gasteiger partial charge in [-0.3, -0.25) is 4.79 Å². The molecule has 0 spiro atoms. The summed E-state index contributed by atoms with van der Waals surface area (Å²) in [6.45, 7) is 2.18. The Hall–Kier alpha value is -4.34. The maximum Gasteiger partial charge on any atom is 0.360 e. The molecule has 1 saturated heterocycles. The molecule has 3 aromatic carbocycles. The molecule has 0 saturated carbocycles. The van der Waals surface area contributed by atoms with E-state index in [1.807, 2.05) is 24.3 Å². The van der Waals surface area contributed by atoms with E-state index in [-0.39, 0.29) is 5.69 Å². The highest BCUT2D eigenvalue weighted by atomic mass is 16.7. The average Bonchev–Trinajstić information content (AvgIpc) is 2.95. The van der Waals surface area contributed by atoms with E-state index in [9.17, 15) is 14.7 Å². The van der Waals surface area contributed by atoms with Crippen LogP contribution in [0.15, 0.2) is 69.9 Å². The van der Waals surface area contributed by atoms with E-state index in [0.29, 0.717) is 64.4 Å². The van der Waals surface area contributed by atoms with Crippen molar-refractivity contribution in [2.24, 2.45) is 0 Å². The molecule has 1 aliphatic heterocycles. The first kappa shape index (κ1) is 26.3. The number of rotatable bonds is 7. The number of fused-ring (bicyclic) bond motifs is 1. The van der Waals surface area contributed by atoms with Gasteiger partial charge in [0.05, 0.1) is 26.9 Å². The zero-order chi connectivity index (χ0) is 27.5. The molecule has 0 unspecified atom stereocenters. The van der Waals surface area contributed by atoms with Crippen molar-refractivity contribution < 1.29 is 33.3 Å². The summed E-state index contributed by atoms with van der Waals surface area (Å²) in [6, 6.07) is 17.5. The van der Waals surface area contributed by atoms with Crippen LogP contribution in [0, 0.1) is 6.92 Å². The van der Waals surface area contributed by atoms with Crippen LogP contribution in [-0.4, -0.2) is 44.2 Å². The summed E-state index contributed by atoms with van der Waals surface area (Å²) < 4.78 is 27.9. The number of methoxy groups -OCH3 is 2. The van der Waals surface area contributed by atoms with Crippen LogP contribution in [0.1, 0.15) is 28.8 Å². The maximum atomic E-state index is 13.2. The zero-order valence-corrected chi connectivity index (χ0v) is 21.9. The minimum absolute atomic E-state index is 0.0121. The summed E-state index contributed by atoms with van der Waals surface area (Å²) in [5.41, 5.74) is 2.13. The number of aryl methyl sites for hydroxylation is 1. The summed E-state index contributed by atoms with van der Waals surface area (Å²) >= 11 is 0. The lowest BCUT2D eigenvalue weighted by atomic mass is 10.0. The highest BCUT2D eigenvalue weighted by Gasteiger charge is 2.23. The molecular formula is C30H29NO8. The Morgan fingerprint density at radius 1 is 1.03 bits per heavy atom. The van der Waals surface area contributed by atoms with Crippen LogP contribution in [0.2, 0.25) is 0 Å². The van der Waals surface area contributed by atoms with E-state index in [0.717, 1.165) is 5.56 Å². The smallest absolute Gasteiger partial charge is 0.360 e. The number of amides is 1. The number of carbonyl (C=O) groups excluding carboxylic acids is 1. The van der Waals surface area contributed by atoms with Crippen LogP contribution in [0.4, 0.5) is 5.69 Å².